The normalized spacial score (nSPS) is 10.5. The highest BCUT2D eigenvalue weighted by molar-refractivity contribution is 4.65. The summed E-state index contributed by atoms with van der Waals surface area (Å²) < 4.78 is 4.33. The average Bonchev–Trinajstić information content (AvgIpc) is 2.45. The van der Waals surface area contributed by atoms with E-state index in [4.69, 9.17) is 0 Å². The second-order valence-electron chi connectivity index (χ2n) is 3.38. The van der Waals surface area contributed by atoms with Crippen LogP contribution in [0.4, 0.5) is 0 Å². The number of aryl methyl sites for hydroxylation is 2. The number of hydrogen-bond acceptors (Lipinski definition) is 0. The summed E-state index contributed by atoms with van der Waals surface area (Å²) in [4.78, 5) is 0. The zero-order valence-electron chi connectivity index (χ0n) is 9.16. The molecule has 1 aromatic heterocycles. The minimum absolute atomic E-state index is 0. The molecule has 12 heavy (non-hydrogen) atoms. The quantitative estimate of drug-likeness (QED) is 0.470. The largest absolute Gasteiger partial charge is 0.243 e. The molecule has 0 amide bonds. The first-order valence-electron chi connectivity index (χ1n) is 4.84. The summed E-state index contributed by atoms with van der Waals surface area (Å²) in [5.74, 6) is 0. The van der Waals surface area contributed by atoms with E-state index in [-0.39, 0.29) is 1.43 Å². The highest BCUT2D eigenvalue weighted by Gasteiger charge is 1.97. The number of rotatable bonds is 5. The molecule has 0 aromatic carbocycles. The third-order valence-electron chi connectivity index (χ3n) is 2.09. The summed E-state index contributed by atoms with van der Waals surface area (Å²) in [7, 11) is 2.06. The van der Waals surface area contributed by atoms with Gasteiger partial charge in [-0.1, -0.05) is 19.8 Å². The predicted octanol–water partition coefficient (Wildman–Crippen LogP) is 2.01. The Labute approximate surface area is 76.3 Å². The maximum Gasteiger partial charge on any atom is 0.243 e. The number of hydrogen-bond donors (Lipinski definition) is 0. The van der Waals surface area contributed by atoms with E-state index in [0.29, 0.717) is 0 Å². The second-order valence-corrected chi connectivity index (χ2v) is 3.38. The summed E-state index contributed by atoms with van der Waals surface area (Å²) >= 11 is 0. The molecule has 69 valence electrons. The Morgan fingerprint density at radius 3 is 2.75 bits per heavy atom. The van der Waals surface area contributed by atoms with E-state index in [1.807, 2.05) is 0 Å². The van der Waals surface area contributed by atoms with Crippen LogP contribution in [-0.4, -0.2) is 4.57 Å². The maximum atomic E-state index is 2.25. The van der Waals surface area contributed by atoms with Gasteiger partial charge in [-0.2, -0.15) is 0 Å². The van der Waals surface area contributed by atoms with Gasteiger partial charge in [0.15, 0.2) is 0 Å². The van der Waals surface area contributed by atoms with Crippen molar-refractivity contribution < 1.29 is 5.99 Å². The zero-order chi connectivity index (χ0) is 8.81. The summed E-state index contributed by atoms with van der Waals surface area (Å²) in [6, 6.07) is 0. The van der Waals surface area contributed by atoms with Gasteiger partial charge in [-0.25, -0.2) is 9.13 Å². The van der Waals surface area contributed by atoms with E-state index in [1.165, 1.54) is 32.2 Å². The van der Waals surface area contributed by atoms with Crippen LogP contribution >= 0.6 is 0 Å². The lowest BCUT2D eigenvalue weighted by Crippen LogP contribution is -2.23. The molecule has 0 saturated heterocycles. The molecular formula is C10H20N2+. The van der Waals surface area contributed by atoms with Gasteiger partial charge in [0, 0.05) is 1.43 Å². The Hall–Kier alpha value is -0.790. The molecule has 1 rings (SSSR count). The van der Waals surface area contributed by atoms with Crippen LogP contribution in [0.2, 0.25) is 0 Å². The van der Waals surface area contributed by atoms with E-state index in [0.717, 1.165) is 0 Å². The third-order valence-corrected chi connectivity index (χ3v) is 2.09. The van der Waals surface area contributed by atoms with E-state index in [9.17, 15) is 0 Å². The monoisotopic (exact) mass is 168 g/mol. The molecule has 0 fully saturated rings. The topological polar surface area (TPSA) is 8.81 Å². The van der Waals surface area contributed by atoms with Gasteiger partial charge >= 0.3 is 0 Å². The van der Waals surface area contributed by atoms with Crippen LogP contribution in [0.5, 0.6) is 0 Å². The molecule has 0 spiro atoms. The smallest absolute Gasteiger partial charge is 0.240 e. The van der Waals surface area contributed by atoms with E-state index in [2.05, 4.69) is 41.8 Å². The lowest BCUT2D eigenvalue weighted by atomic mass is 10.2. The molecule has 2 nitrogen and oxygen atoms in total. The molecule has 0 atom stereocenters. The van der Waals surface area contributed by atoms with Crippen molar-refractivity contribution in [3.63, 3.8) is 0 Å². The Kier molecular flexibility index (Phi) is 3.85. The molecule has 2 heteroatoms. The van der Waals surface area contributed by atoms with Gasteiger partial charge in [-0.3, -0.25) is 0 Å². The van der Waals surface area contributed by atoms with Crippen molar-refractivity contribution in [3.05, 3.63) is 18.7 Å². The number of imidazole rings is 1. The van der Waals surface area contributed by atoms with Gasteiger partial charge < -0.3 is 0 Å². The zero-order valence-corrected chi connectivity index (χ0v) is 8.16. The molecule has 0 aliphatic rings. The summed E-state index contributed by atoms with van der Waals surface area (Å²) in [6.45, 7) is 3.41. The average molecular weight is 168 g/mol. The second kappa shape index (κ2) is 4.96. The van der Waals surface area contributed by atoms with Crippen LogP contribution in [0.25, 0.3) is 0 Å². The molecule has 0 aliphatic carbocycles. The summed E-state index contributed by atoms with van der Waals surface area (Å²) in [5, 5.41) is 0. The van der Waals surface area contributed by atoms with E-state index in [1.54, 1.807) is 0 Å². The van der Waals surface area contributed by atoms with Crippen LogP contribution < -0.4 is 4.57 Å². The SMILES string of the molecule is CCCCCCn1cc[n+](C)c1.[H]. The van der Waals surface area contributed by atoms with Gasteiger partial charge in [0.25, 0.3) is 0 Å². The van der Waals surface area contributed by atoms with E-state index < -0.39 is 0 Å². The van der Waals surface area contributed by atoms with Crippen molar-refractivity contribution in [3.8, 4) is 0 Å². The van der Waals surface area contributed by atoms with Gasteiger partial charge in [0.1, 0.15) is 12.4 Å². The summed E-state index contributed by atoms with van der Waals surface area (Å²) in [6.07, 6.45) is 11.7. The molecule has 1 radical (unpaired) electrons. The lowest BCUT2D eigenvalue weighted by Gasteiger charge is -1.95. The van der Waals surface area contributed by atoms with Gasteiger partial charge in [0.05, 0.1) is 13.6 Å². The number of unbranched alkanes of at least 4 members (excludes halogenated alkanes) is 3. The van der Waals surface area contributed by atoms with Gasteiger partial charge in [-0.15, -0.1) is 0 Å². The molecule has 1 heterocycles. The van der Waals surface area contributed by atoms with Crippen molar-refractivity contribution in [2.45, 2.75) is 39.2 Å². The van der Waals surface area contributed by atoms with Crippen LogP contribution in [0.3, 0.4) is 0 Å². The summed E-state index contributed by atoms with van der Waals surface area (Å²) in [5.41, 5.74) is 0. The Morgan fingerprint density at radius 2 is 2.17 bits per heavy atom. The molecule has 1 aromatic rings. The van der Waals surface area contributed by atoms with Crippen molar-refractivity contribution in [2.24, 2.45) is 7.05 Å². The fourth-order valence-corrected chi connectivity index (χ4v) is 1.36. The fraction of sp³-hybridized carbons (Fsp3) is 0.700. The van der Waals surface area contributed by atoms with Crippen molar-refractivity contribution in [1.82, 2.24) is 4.57 Å². The Balaban J connectivity index is 0.00000144. The Bertz CT molecular complexity index is 220. The predicted molar refractivity (Wildman–Crippen MR) is 50.9 cm³/mol. The van der Waals surface area contributed by atoms with Crippen molar-refractivity contribution in [2.75, 3.05) is 0 Å². The number of nitrogens with zero attached hydrogens (tertiary/aromatic N) is 2. The lowest BCUT2D eigenvalue weighted by molar-refractivity contribution is -0.671. The van der Waals surface area contributed by atoms with Gasteiger partial charge in [-0.05, 0) is 12.8 Å². The van der Waals surface area contributed by atoms with Crippen LogP contribution in [-0.2, 0) is 13.6 Å². The molecule has 0 unspecified atom stereocenters. The van der Waals surface area contributed by atoms with Crippen LogP contribution in [0, 0.1) is 0 Å². The minimum Gasteiger partial charge on any atom is -0.240 e. The molecule has 0 N–H and O–H groups in total. The molecule has 0 saturated carbocycles. The third kappa shape index (κ3) is 3.07. The fourth-order valence-electron chi connectivity index (χ4n) is 1.36. The first-order valence-corrected chi connectivity index (χ1v) is 4.84. The highest BCUT2D eigenvalue weighted by Crippen LogP contribution is 2.00. The van der Waals surface area contributed by atoms with Gasteiger partial charge in [0.2, 0.25) is 6.33 Å². The first kappa shape index (κ1) is 9.30. The standard InChI is InChI=1S/C10H19N2.H/c1-3-4-5-6-7-12-9-8-11(2)10-12;/h8-10H,3-7H2,1-2H3;/q+1;. The van der Waals surface area contributed by atoms with Crippen LogP contribution in [0.15, 0.2) is 18.7 Å². The maximum absolute atomic E-state index is 2.25. The Morgan fingerprint density at radius 1 is 1.33 bits per heavy atom. The first-order chi connectivity index (χ1) is 5.83. The van der Waals surface area contributed by atoms with Crippen molar-refractivity contribution in [1.29, 1.82) is 0 Å². The van der Waals surface area contributed by atoms with Crippen molar-refractivity contribution >= 4 is 0 Å². The van der Waals surface area contributed by atoms with Crippen LogP contribution in [0.1, 0.15) is 34.0 Å². The molecular weight excluding hydrogens is 148 g/mol. The van der Waals surface area contributed by atoms with E-state index >= 15 is 0 Å². The molecule has 0 bridgehead atoms. The highest BCUT2D eigenvalue weighted by atomic mass is 15.1. The number of aromatic nitrogens is 2. The minimum atomic E-state index is 0. The molecule has 0 aliphatic heterocycles.